The number of guanidine groups is 1. The lowest BCUT2D eigenvalue weighted by molar-refractivity contribution is 0.0914. The van der Waals surface area contributed by atoms with Crippen LogP contribution in [0.15, 0.2) is 35.3 Å². The molecule has 1 aliphatic rings. The SMILES string of the molecule is CCNC(=NCCCS(=O)(=O)Cc1ccccc1)N1CCN(C(=O)OCC)CC1. The quantitative estimate of drug-likeness (QED) is 0.388. The van der Waals surface area contributed by atoms with E-state index in [1.807, 2.05) is 37.3 Å². The van der Waals surface area contributed by atoms with Crippen molar-refractivity contribution in [2.75, 3.05) is 51.6 Å². The number of carbonyl (C=O) groups excluding carboxylic acids is 1. The van der Waals surface area contributed by atoms with E-state index in [1.165, 1.54) is 0 Å². The highest BCUT2D eigenvalue weighted by Crippen LogP contribution is 2.08. The molecule has 1 aromatic rings. The van der Waals surface area contributed by atoms with E-state index in [0.29, 0.717) is 45.8 Å². The predicted octanol–water partition coefficient (Wildman–Crippen LogP) is 1.73. The van der Waals surface area contributed by atoms with E-state index in [-0.39, 0.29) is 17.6 Å². The third-order valence-corrected chi connectivity index (χ3v) is 6.23. The Morgan fingerprint density at radius 3 is 2.38 bits per heavy atom. The van der Waals surface area contributed by atoms with Crippen LogP contribution in [-0.2, 0) is 20.3 Å². The lowest BCUT2D eigenvalue weighted by Gasteiger charge is -2.35. The van der Waals surface area contributed by atoms with Crippen molar-refractivity contribution in [1.29, 1.82) is 0 Å². The minimum Gasteiger partial charge on any atom is -0.450 e. The van der Waals surface area contributed by atoms with Gasteiger partial charge in [0.1, 0.15) is 0 Å². The van der Waals surface area contributed by atoms with Crippen molar-refractivity contribution >= 4 is 21.9 Å². The van der Waals surface area contributed by atoms with Gasteiger partial charge in [-0.05, 0) is 25.8 Å². The molecule has 8 nitrogen and oxygen atoms in total. The standard InChI is InChI=1S/C20H32N4O4S/c1-3-21-19(23-12-14-24(15-13-23)20(25)28-4-2)22-11-8-16-29(26,27)17-18-9-6-5-7-10-18/h5-7,9-10H,3-4,8,11-17H2,1-2H3,(H,21,22). The van der Waals surface area contributed by atoms with Crippen molar-refractivity contribution in [2.45, 2.75) is 26.0 Å². The van der Waals surface area contributed by atoms with Crippen LogP contribution in [-0.4, -0.2) is 81.9 Å². The molecule has 29 heavy (non-hydrogen) atoms. The fraction of sp³-hybridized carbons (Fsp3) is 0.600. The van der Waals surface area contributed by atoms with Crippen molar-refractivity contribution in [3.05, 3.63) is 35.9 Å². The molecule has 0 radical (unpaired) electrons. The van der Waals surface area contributed by atoms with Crippen LogP contribution >= 0.6 is 0 Å². The van der Waals surface area contributed by atoms with Crippen molar-refractivity contribution in [2.24, 2.45) is 4.99 Å². The summed E-state index contributed by atoms with van der Waals surface area (Å²) in [6.07, 6.45) is 0.199. The maximum atomic E-state index is 12.3. The van der Waals surface area contributed by atoms with Crippen molar-refractivity contribution in [3.8, 4) is 0 Å². The summed E-state index contributed by atoms with van der Waals surface area (Å²) >= 11 is 0. The second-order valence-electron chi connectivity index (χ2n) is 6.84. The summed E-state index contributed by atoms with van der Waals surface area (Å²) in [6, 6.07) is 9.22. The van der Waals surface area contributed by atoms with E-state index in [4.69, 9.17) is 4.74 Å². The van der Waals surface area contributed by atoms with E-state index in [2.05, 4.69) is 15.2 Å². The Morgan fingerprint density at radius 2 is 1.76 bits per heavy atom. The summed E-state index contributed by atoms with van der Waals surface area (Å²) in [4.78, 5) is 20.2. The van der Waals surface area contributed by atoms with E-state index >= 15 is 0 Å². The first-order chi connectivity index (χ1) is 13.9. The number of benzene rings is 1. The summed E-state index contributed by atoms with van der Waals surface area (Å²) < 4.78 is 29.6. The predicted molar refractivity (Wildman–Crippen MR) is 115 cm³/mol. The molecule has 0 aromatic heterocycles. The third-order valence-electron chi connectivity index (χ3n) is 4.54. The van der Waals surface area contributed by atoms with Crippen molar-refractivity contribution in [3.63, 3.8) is 0 Å². The Bertz CT molecular complexity index is 760. The number of hydrogen-bond acceptors (Lipinski definition) is 5. The molecular weight excluding hydrogens is 392 g/mol. The zero-order chi connectivity index (χ0) is 21.1. The van der Waals surface area contributed by atoms with Gasteiger partial charge in [0.05, 0.1) is 18.1 Å². The number of piperazine rings is 1. The highest BCUT2D eigenvalue weighted by atomic mass is 32.2. The Morgan fingerprint density at radius 1 is 1.10 bits per heavy atom. The average molecular weight is 425 g/mol. The highest BCUT2D eigenvalue weighted by molar-refractivity contribution is 7.90. The number of aliphatic imine (C=N–C) groups is 1. The van der Waals surface area contributed by atoms with E-state index in [0.717, 1.165) is 18.1 Å². The van der Waals surface area contributed by atoms with Crippen LogP contribution in [0.1, 0.15) is 25.8 Å². The minimum absolute atomic E-state index is 0.0629. The molecule has 1 aromatic carbocycles. The van der Waals surface area contributed by atoms with Gasteiger partial charge in [0.2, 0.25) is 0 Å². The molecule has 2 rings (SSSR count). The van der Waals surface area contributed by atoms with Gasteiger partial charge in [-0.3, -0.25) is 4.99 Å². The molecule has 0 aliphatic carbocycles. The van der Waals surface area contributed by atoms with Gasteiger partial charge in [0.15, 0.2) is 15.8 Å². The Balaban J connectivity index is 1.82. The number of carbonyl (C=O) groups is 1. The molecule has 0 atom stereocenters. The number of rotatable bonds is 8. The normalized spacial score (nSPS) is 15.3. The van der Waals surface area contributed by atoms with Gasteiger partial charge in [0, 0.05) is 39.3 Å². The number of amides is 1. The zero-order valence-corrected chi connectivity index (χ0v) is 18.2. The first-order valence-electron chi connectivity index (χ1n) is 10.1. The summed E-state index contributed by atoms with van der Waals surface area (Å²) in [6.45, 7) is 7.81. The molecule has 1 N–H and O–H groups in total. The number of nitrogens with one attached hydrogen (secondary N) is 1. The first kappa shape index (κ1) is 23.0. The summed E-state index contributed by atoms with van der Waals surface area (Å²) in [5.41, 5.74) is 0.809. The second kappa shape index (κ2) is 11.6. The van der Waals surface area contributed by atoms with Crippen LogP contribution < -0.4 is 5.32 Å². The van der Waals surface area contributed by atoms with E-state index in [1.54, 1.807) is 11.8 Å². The topological polar surface area (TPSA) is 91.3 Å². The fourth-order valence-corrected chi connectivity index (χ4v) is 4.52. The largest absolute Gasteiger partial charge is 0.450 e. The van der Waals surface area contributed by atoms with Crippen molar-refractivity contribution < 1.29 is 17.9 Å². The molecule has 1 heterocycles. The molecule has 0 saturated carbocycles. The number of sulfone groups is 1. The molecule has 0 bridgehead atoms. The summed E-state index contributed by atoms with van der Waals surface area (Å²) in [5.74, 6) is 0.936. The molecule has 1 saturated heterocycles. The molecule has 0 unspecified atom stereocenters. The van der Waals surface area contributed by atoms with Crippen LogP contribution in [0.4, 0.5) is 4.79 Å². The van der Waals surface area contributed by atoms with Gasteiger partial charge in [-0.25, -0.2) is 13.2 Å². The van der Waals surface area contributed by atoms with Gasteiger partial charge in [-0.2, -0.15) is 0 Å². The van der Waals surface area contributed by atoms with Gasteiger partial charge in [0.25, 0.3) is 0 Å². The average Bonchev–Trinajstić information content (AvgIpc) is 2.71. The van der Waals surface area contributed by atoms with E-state index < -0.39 is 9.84 Å². The molecule has 162 valence electrons. The smallest absolute Gasteiger partial charge is 0.409 e. The first-order valence-corrected chi connectivity index (χ1v) is 12.0. The third kappa shape index (κ3) is 7.92. The summed E-state index contributed by atoms with van der Waals surface area (Å²) in [7, 11) is -3.15. The fourth-order valence-electron chi connectivity index (χ4n) is 3.11. The highest BCUT2D eigenvalue weighted by Gasteiger charge is 2.23. The molecular formula is C20H32N4O4S. The van der Waals surface area contributed by atoms with Crippen LogP contribution in [0.25, 0.3) is 0 Å². The maximum Gasteiger partial charge on any atom is 0.409 e. The number of hydrogen-bond donors (Lipinski definition) is 1. The van der Waals surface area contributed by atoms with Gasteiger partial charge >= 0.3 is 6.09 Å². The number of ether oxygens (including phenoxy) is 1. The van der Waals surface area contributed by atoms with Crippen LogP contribution in [0.2, 0.25) is 0 Å². The molecule has 1 amide bonds. The minimum atomic E-state index is -3.15. The molecule has 0 spiro atoms. The molecule has 1 fully saturated rings. The Hall–Kier alpha value is -2.29. The lowest BCUT2D eigenvalue weighted by Crippen LogP contribution is -2.53. The monoisotopic (exact) mass is 424 g/mol. The van der Waals surface area contributed by atoms with Gasteiger partial charge in [-0.1, -0.05) is 30.3 Å². The summed E-state index contributed by atoms with van der Waals surface area (Å²) in [5, 5.41) is 3.25. The Kier molecular flexibility index (Phi) is 9.24. The molecule has 9 heteroatoms. The van der Waals surface area contributed by atoms with Gasteiger partial charge in [-0.15, -0.1) is 0 Å². The van der Waals surface area contributed by atoms with E-state index in [9.17, 15) is 13.2 Å². The maximum absolute atomic E-state index is 12.3. The van der Waals surface area contributed by atoms with Gasteiger partial charge < -0.3 is 19.9 Å². The number of nitrogens with zero attached hydrogens (tertiary/aromatic N) is 3. The Labute approximate surface area is 173 Å². The van der Waals surface area contributed by atoms with Crippen molar-refractivity contribution in [1.82, 2.24) is 15.1 Å². The zero-order valence-electron chi connectivity index (χ0n) is 17.3. The second-order valence-corrected chi connectivity index (χ2v) is 9.02. The lowest BCUT2D eigenvalue weighted by atomic mass is 10.2. The molecule has 1 aliphatic heterocycles. The van der Waals surface area contributed by atoms with Crippen LogP contribution in [0, 0.1) is 0 Å². The van der Waals surface area contributed by atoms with Crippen LogP contribution in [0.3, 0.4) is 0 Å². The van der Waals surface area contributed by atoms with Crippen LogP contribution in [0.5, 0.6) is 0 Å².